The van der Waals surface area contributed by atoms with E-state index in [1.807, 2.05) is 18.8 Å². The van der Waals surface area contributed by atoms with E-state index in [4.69, 9.17) is 4.74 Å². The van der Waals surface area contributed by atoms with Gasteiger partial charge in [0, 0.05) is 51.0 Å². The molecule has 3 rings (SSSR count). The molecule has 0 radical (unpaired) electrons. The topological polar surface area (TPSA) is 63.5 Å². The molecular weight excluding hydrogens is 489 g/mol. The normalized spacial score (nSPS) is 17.2. The number of guanidine groups is 1. The van der Waals surface area contributed by atoms with Crippen molar-refractivity contribution in [3.05, 3.63) is 52.8 Å². The molecule has 7 heteroatoms. The minimum Gasteiger partial charge on any atom is -0.381 e. The first-order valence-corrected chi connectivity index (χ1v) is 10.5. The van der Waals surface area contributed by atoms with Gasteiger partial charge >= 0.3 is 0 Å². The Bertz CT molecular complexity index is 828. The molecule has 0 spiro atoms. The maximum atomic E-state index is 5.65. The number of rotatable bonds is 6. The molecule has 0 aliphatic carbocycles. The molecule has 2 heterocycles. The SMILES string of the molecule is CN=C(NCC1(c2ccccc2)CCOCC1)NC(C)Cc1c(C)nn(C)c1C.I. The van der Waals surface area contributed by atoms with E-state index in [2.05, 4.69) is 71.8 Å². The van der Waals surface area contributed by atoms with Crippen LogP contribution in [0, 0.1) is 13.8 Å². The van der Waals surface area contributed by atoms with Crippen molar-refractivity contribution < 1.29 is 4.74 Å². The van der Waals surface area contributed by atoms with Gasteiger partial charge in [0.25, 0.3) is 0 Å². The molecule has 0 saturated carbocycles. The lowest BCUT2D eigenvalue weighted by atomic mass is 9.74. The zero-order chi connectivity index (χ0) is 20.9. The zero-order valence-electron chi connectivity index (χ0n) is 18.9. The lowest BCUT2D eigenvalue weighted by Crippen LogP contribution is -2.50. The van der Waals surface area contributed by atoms with Crippen LogP contribution in [-0.2, 0) is 23.6 Å². The zero-order valence-corrected chi connectivity index (χ0v) is 21.2. The minimum atomic E-state index is 0. The molecule has 0 amide bonds. The van der Waals surface area contributed by atoms with E-state index in [0.29, 0.717) is 0 Å². The van der Waals surface area contributed by atoms with Crippen molar-refractivity contribution >= 4 is 29.9 Å². The molecule has 0 bridgehead atoms. The number of aromatic nitrogens is 2. The number of ether oxygens (including phenoxy) is 1. The van der Waals surface area contributed by atoms with Crippen LogP contribution in [-0.4, -0.2) is 48.6 Å². The standard InChI is InChI=1S/C23H35N5O.HI/c1-17(15-21-18(2)27-28(5)19(21)3)26-22(24-4)25-16-23(11-13-29-14-12-23)20-9-7-6-8-10-20;/h6-10,17H,11-16H2,1-5H3,(H2,24,25,26);1H. The highest BCUT2D eigenvalue weighted by molar-refractivity contribution is 14.0. The highest BCUT2D eigenvalue weighted by Crippen LogP contribution is 2.34. The molecule has 1 aromatic heterocycles. The average molecular weight is 525 g/mol. The largest absolute Gasteiger partial charge is 0.381 e. The van der Waals surface area contributed by atoms with Gasteiger partial charge in [0.2, 0.25) is 0 Å². The maximum absolute atomic E-state index is 5.65. The maximum Gasteiger partial charge on any atom is 0.191 e. The van der Waals surface area contributed by atoms with Crippen LogP contribution in [0.25, 0.3) is 0 Å². The second-order valence-corrected chi connectivity index (χ2v) is 8.21. The summed E-state index contributed by atoms with van der Waals surface area (Å²) in [6, 6.07) is 11.1. The average Bonchev–Trinajstić information content (AvgIpc) is 2.98. The number of aliphatic imine (C=N–C) groups is 1. The van der Waals surface area contributed by atoms with Crippen molar-refractivity contribution in [1.82, 2.24) is 20.4 Å². The van der Waals surface area contributed by atoms with Crippen molar-refractivity contribution in [2.75, 3.05) is 26.8 Å². The highest BCUT2D eigenvalue weighted by Gasteiger charge is 2.34. The molecule has 1 aliphatic rings. The molecule has 166 valence electrons. The van der Waals surface area contributed by atoms with Gasteiger partial charge in [0.1, 0.15) is 0 Å². The summed E-state index contributed by atoms with van der Waals surface area (Å²) < 4.78 is 7.61. The molecule has 1 fully saturated rings. The molecule has 1 aliphatic heterocycles. The Hall–Kier alpha value is -1.61. The summed E-state index contributed by atoms with van der Waals surface area (Å²) in [4.78, 5) is 4.47. The van der Waals surface area contributed by atoms with E-state index in [0.717, 1.165) is 50.7 Å². The van der Waals surface area contributed by atoms with Gasteiger partial charge in [-0.15, -0.1) is 24.0 Å². The summed E-state index contributed by atoms with van der Waals surface area (Å²) in [5.74, 6) is 0.846. The van der Waals surface area contributed by atoms with E-state index in [-0.39, 0.29) is 35.4 Å². The summed E-state index contributed by atoms with van der Waals surface area (Å²) in [5, 5.41) is 11.7. The first-order valence-electron chi connectivity index (χ1n) is 10.5. The van der Waals surface area contributed by atoms with Gasteiger partial charge in [-0.05, 0) is 51.2 Å². The summed E-state index contributed by atoms with van der Waals surface area (Å²) in [5.41, 5.74) is 5.10. The van der Waals surface area contributed by atoms with Gasteiger partial charge in [-0.2, -0.15) is 5.10 Å². The van der Waals surface area contributed by atoms with Crippen LogP contribution in [0.4, 0.5) is 0 Å². The van der Waals surface area contributed by atoms with Gasteiger partial charge in [-0.3, -0.25) is 9.67 Å². The van der Waals surface area contributed by atoms with Crippen molar-refractivity contribution in [2.24, 2.45) is 12.0 Å². The highest BCUT2D eigenvalue weighted by atomic mass is 127. The fourth-order valence-corrected chi connectivity index (χ4v) is 4.27. The fraction of sp³-hybridized carbons (Fsp3) is 0.565. The Morgan fingerprint density at radius 1 is 1.23 bits per heavy atom. The smallest absolute Gasteiger partial charge is 0.191 e. The molecule has 2 N–H and O–H groups in total. The second-order valence-electron chi connectivity index (χ2n) is 8.21. The summed E-state index contributed by atoms with van der Waals surface area (Å²) >= 11 is 0. The first-order chi connectivity index (χ1) is 13.9. The van der Waals surface area contributed by atoms with E-state index in [1.165, 1.54) is 16.8 Å². The predicted octanol–water partition coefficient (Wildman–Crippen LogP) is 3.50. The van der Waals surface area contributed by atoms with E-state index < -0.39 is 0 Å². The van der Waals surface area contributed by atoms with Crippen molar-refractivity contribution in [3.63, 3.8) is 0 Å². The molecule has 6 nitrogen and oxygen atoms in total. The Morgan fingerprint density at radius 2 is 1.90 bits per heavy atom. The van der Waals surface area contributed by atoms with Crippen LogP contribution in [0.15, 0.2) is 35.3 Å². The number of hydrogen-bond acceptors (Lipinski definition) is 3. The van der Waals surface area contributed by atoms with Crippen LogP contribution in [0.2, 0.25) is 0 Å². The van der Waals surface area contributed by atoms with Crippen LogP contribution >= 0.6 is 24.0 Å². The number of aryl methyl sites for hydroxylation is 2. The summed E-state index contributed by atoms with van der Waals surface area (Å²) in [6.45, 7) is 8.86. The number of nitrogens with zero attached hydrogens (tertiary/aromatic N) is 3. The molecular formula is C23H36IN5O. The predicted molar refractivity (Wildman–Crippen MR) is 134 cm³/mol. The third kappa shape index (κ3) is 5.75. The first kappa shape index (κ1) is 24.7. The number of halogens is 1. The van der Waals surface area contributed by atoms with Crippen LogP contribution in [0.3, 0.4) is 0 Å². The lowest BCUT2D eigenvalue weighted by Gasteiger charge is -2.38. The third-order valence-corrected chi connectivity index (χ3v) is 6.21. The van der Waals surface area contributed by atoms with Gasteiger partial charge < -0.3 is 15.4 Å². The van der Waals surface area contributed by atoms with E-state index in [1.54, 1.807) is 0 Å². The minimum absolute atomic E-state index is 0. The number of hydrogen-bond donors (Lipinski definition) is 2. The number of benzene rings is 1. The van der Waals surface area contributed by atoms with Crippen molar-refractivity contribution in [2.45, 2.75) is 51.5 Å². The van der Waals surface area contributed by atoms with Gasteiger partial charge in [0.05, 0.1) is 5.69 Å². The molecule has 1 atom stereocenters. The molecule has 30 heavy (non-hydrogen) atoms. The number of nitrogens with one attached hydrogen (secondary N) is 2. The third-order valence-electron chi connectivity index (χ3n) is 6.21. The Labute approximate surface area is 197 Å². The summed E-state index contributed by atoms with van der Waals surface area (Å²) in [7, 11) is 3.84. The Morgan fingerprint density at radius 3 is 2.47 bits per heavy atom. The van der Waals surface area contributed by atoms with Crippen LogP contribution in [0.1, 0.15) is 42.3 Å². The van der Waals surface area contributed by atoms with Gasteiger partial charge in [-0.25, -0.2) is 0 Å². The Kier molecular flexibility index (Phi) is 9.15. The van der Waals surface area contributed by atoms with Crippen molar-refractivity contribution in [3.8, 4) is 0 Å². The van der Waals surface area contributed by atoms with Crippen LogP contribution < -0.4 is 10.6 Å². The monoisotopic (exact) mass is 525 g/mol. The quantitative estimate of drug-likeness (QED) is 0.345. The van der Waals surface area contributed by atoms with E-state index in [9.17, 15) is 0 Å². The molecule has 1 saturated heterocycles. The van der Waals surface area contributed by atoms with Gasteiger partial charge in [0.15, 0.2) is 5.96 Å². The summed E-state index contributed by atoms with van der Waals surface area (Å²) in [6.07, 6.45) is 2.96. The fourth-order valence-electron chi connectivity index (χ4n) is 4.27. The van der Waals surface area contributed by atoms with Crippen LogP contribution in [0.5, 0.6) is 0 Å². The molecule has 2 aromatic rings. The molecule has 1 unspecified atom stereocenters. The molecule has 1 aromatic carbocycles. The second kappa shape index (κ2) is 11.1. The lowest BCUT2D eigenvalue weighted by molar-refractivity contribution is 0.0513. The van der Waals surface area contributed by atoms with E-state index >= 15 is 0 Å². The van der Waals surface area contributed by atoms with Gasteiger partial charge in [-0.1, -0.05) is 30.3 Å². The Balaban J connectivity index is 0.00000320. The van der Waals surface area contributed by atoms with Crippen molar-refractivity contribution in [1.29, 1.82) is 0 Å².